The summed E-state index contributed by atoms with van der Waals surface area (Å²) in [5.41, 5.74) is 1.48. The molecule has 5 rings (SSSR count). The fourth-order valence-electron chi connectivity index (χ4n) is 6.12. The van der Waals surface area contributed by atoms with Gasteiger partial charge in [-0.15, -0.1) is 0 Å². The lowest BCUT2D eigenvalue weighted by Crippen LogP contribution is -2.39. The number of ether oxygens (including phenoxy) is 1. The molecule has 1 saturated carbocycles. The highest BCUT2D eigenvalue weighted by Crippen LogP contribution is 2.55. The first-order chi connectivity index (χ1) is 17.4. The normalized spacial score (nSPS) is 29.8. The second kappa shape index (κ2) is 9.95. The van der Waals surface area contributed by atoms with E-state index in [2.05, 4.69) is 19.9 Å². The highest BCUT2D eigenvalue weighted by atomic mass is 31.2. The Balaban J connectivity index is 1.34. The topological polar surface area (TPSA) is 191 Å². The number of hydrogen-bond donors (Lipinski definition) is 5. The van der Waals surface area contributed by atoms with Crippen molar-refractivity contribution in [3.05, 3.63) is 12.2 Å². The molecule has 2 saturated heterocycles. The zero-order chi connectivity index (χ0) is 26.6. The van der Waals surface area contributed by atoms with Gasteiger partial charge in [0.25, 0.3) is 0 Å². The first-order valence-corrected chi connectivity index (χ1v) is 16.5. The number of piperidine rings is 1. The van der Waals surface area contributed by atoms with Crippen LogP contribution < -0.4 is 4.90 Å². The minimum absolute atomic E-state index is 0.163. The lowest BCUT2D eigenvalue weighted by atomic mass is 9.77. The van der Waals surface area contributed by atoms with Crippen LogP contribution in [0.15, 0.2) is 6.33 Å². The molecule has 5 N–H and O–H groups in total. The molecular weight excluding hydrogens is 524 g/mol. The van der Waals surface area contributed by atoms with Gasteiger partial charge in [-0.1, -0.05) is 12.8 Å². The molecule has 15 heteroatoms. The first-order valence-electron chi connectivity index (χ1n) is 12.7. The Hall–Kier alpha value is -1.43. The maximum Gasteiger partial charge on any atom is 0.335 e. The van der Waals surface area contributed by atoms with Gasteiger partial charge in [-0.3, -0.25) is 13.7 Å². The van der Waals surface area contributed by atoms with E-state index in [0.29, 0.717) is 22.4 Å². The van der Waals surface area contributed by atoms with Crippen LogP contribution in [0.5, 0.6) is 0 Å². The molecule has 0 aromatic carbocycles. The Kier molecular flexibility index (Phi) is 7.30. The molecule has 2 aromatic heterocycles. The number of aryl methyl sites for hydroxylation is 1. The predicted octanol–water partition coefficient (Wildman–Crippen LogP) is 1.71. The molecule has 0 radical (unpaired) electrons. The molecule has 2 aromatic rings. The Bertz CT molecular complexity index is 1240. The van der Waals surface area contributed by atoms with Crippen molar-refractivity contribution in [1.29, 1.82) is 0 Å². The summed E-state index contributed by atoms with van der Waals surface area (Å²) in [6, 6.07) is 0. The number of aliphatic hydroxyl groups excluding tert-OH is 2. The van der Waals surface area contributed by atoms with E-state index >= 15 is 0 Å². The lowest BCUT2D eigenvalue weighted by molar-refractivity contribution is -0.0354. The van der Waals surface area contributed by atoms with E-state index in [1.54, 1.807) is 6.92 Å². The van der Waals surface area contributed by atoms with Gasteiger partial charge in [0, 0.05) is 19.3 Å². The number of hydrogen-bond acceptors (Lipinski definition) is 9. The number of nitrogens with zero attached hydrogens (tertiary/aromatic N) is 5. The van der Waals surface area contributed by atoms with Crippen molar-refractivity contribution >= 4 is 31.9 Å². The minimum atomic E-state index is -4.68. The molecule has 206 valence electrons. The summed E-state index contributed by atoms with van der Waals surface area (Å²) in [5, 5.41) is 21.3. The molecular formula is C22H35N5O8P2. The summed E-state index contributed by atoms with van der Waals surface area (Å²) in [4.78, 5) is 44.0. The number of aromatic nitrogens is 4. The highest BCUT2D eigenvalue weighted by Gasteiger charge is 2.45. The molecule has 2 aliphatic heterocycles. The van der Waals surface area contributed by atoms with Gasteiger partial charge < -0.3 is 34.5 Å². The molecule has 1 aliphatic carbocycles. The van der Waals surface area contributed by atoms with Gasteiger partial charge in [0.1, 0.15) is 23.9 Å². The predicted molar refractivity (Wildman–Crippen MR) is 135 cm³/mol. The summed E-state index contributed by atoms with van der Waals surface area (Å²) in [6.07, 6.45) is 3.49. The third-order valence-electron chi connectivity index (χ3n) is 8.08. The third kappa shape index (κ3) is 5.65. The SMILES string of the molecule is Cc1nc(N2CCC3(CCCC3)CC2)c2ncn([C@@H]3O[C@H](CCP(=O)(O)CP(=O)(O)O)[C@H](O)C3O)c2n1. The summed E-state index contributed by atoms with van der Waals surface area (Å²) >= 11 is 0. The van der Waals surface area contributed by atoms with E-state index in [4.69, 9.17) is 14.5 Å². The molecule has 0 amide bonds. The summed E-state index contributed by atoms with van der Waals surface area (Å²) < 4.78 is 30.8. The molecule has 13 nitrogen and oxygen atoms in total. The Morgan fingerprint density at radius 2 is 1.73 bits per heavy atom. The van der Waals surface area contributed by atoms with E-state index in [1.807, 2.05) is 0 Å². The van der Waals surface area contributed by atoms with Crippen molar-refractivity contribution in [3.8, 4) is 0 Å². The van der Waals surface area contributed by atoms with Gasteiger partial charge in [-0.05, 0) is 44.4 Å². The van der Waals surface area contributed by atoms with Crippen LogP contribution in [0, 0.1) is 12.3 Å². The third-order valence-corrected chi connectivity index (χ3v) is 12.3. The summed E-state index contributed by atoms with van der Waals surface area (Å²) in [5.74, 6) is 0.128. The van der Waals surface area contributed by atoms with Gasteiger partial charge in [0.15, 0.2) is 23.2 Å². The Morgan fingerprint density at radius 3 is 2.38 bits per heavy atom. The smallest absolute Gasteiger partial charge is 0.335 e. The van der Waals surface area contributed by atoms with Gasteiger partial charge >= 0.3 is 7.60 Å². The van der Waals surface area contributed by atoms with Gasteiger partial charge in [-0.2, -0.15) is 0 Å². The molecule has 4 heterocycles. The second-order valence-electron chi connectivity index (χ2n) is 10.8. The van der Waals surface area contributed by atoms with E-state index in [9.17, 15) is 24.2 Å². The van der Waals surface area contributed by atoms with Crippen LogP contribution in [-0.2, 0) is 13.9 Å². The van der Waals surface area contributed by atoms with Crippen molar-refractivity contribution in [2.24, 2.45) is 5.41 Å². The van der Waals surface area contributed by atoms with E-state index in [1.165, 1.54) is 36.6 Å². The van der Waals surface area contributed by atoms with E-state index in [0.717, 1.165) is 31.7 Å². The first kappa shape index (κ1) is 27.1. The second-order valence-corrected chi connectivity index (χ2v) is 15.4. The average Bonchev–Trinajstić information content (AvgIpc) is 3.50. The molecule has 3 fully saturated rings. The van der Waals surface area contributed by atoms with E-state index < -0.39 is 51.6 Å². The van der Waals surface area contributed by atoms with Crippen molar-refractivity contribution in [2.45, 2.75) is 76.4 Å². The molecule has 0 bridgehead atoms. The van der Waals surface area contributed by atoms with Gasteiger partial charge in [-0.25, -0.2) is 15.0 Å². The van der Waals surface area contributed by atoms with Crippen molar-refractivity contribution in [1.82, 2.24) is 19.5 Å². The summed E-state index contributed by atoms with van der Waals surface area (Å²) in [7, 11) is -8.83. The van der Waals surface area contributed by atoms with Gasteiger partial charge in [0.2, 0.25) is 7.37 Å². The van der Waals surface area contributed by atoms with Crippen molar-refractivity contribution in [3.63, 3.8) is 0 Å². The number of rotatable bonds is 7. The van der Waals surface area contributed by atoms with Crippen LogP contribution >= 0.6 is 15.0 Å². The molecule has 37 heavy (non-hydrogen) atoms. The zero-order valence-corrected chi connectivity index (χ0v) is 22.5. The maximum atomic E-state index is 12.2. The van der Waals surface area contributed by atoms with E-state index in [-0.39, 0.29) is 6.42 Å². The number of aliphatic hydroxyl groups is 2. The molecule has 3 aliphatic rings. The van der Waals surface area contributed by atoms with Crippen LogP contribution in [0.3, 0.4) is 0 Å². The van der Waals surface area contributed by atoms with Crippen LogP contribution in [0.25, 0.3) is 11.2 Å². The fourth-order valence-corrected chi connectivity index (χ4v) is 9.64. The average molecular weight is 559 g/mol. The minimum Gasteiger partial charge on any atom is -0.388 e. The molecule has 1 spiro atoms. The van der Waals surface area contributed by atoms with Crippen LogP contribution in [0.2, 0.25) is 0 Å². The number of imidazole rings is 1. The maximum absolute atomic E-state index is 12.2. The molecule has 2 unspecified atom stereocenters. The largest absolute Gasteiger partial charge is 0.388 e. The highest BCUT2D eigenvalue weighted by molar-refractivity contribution is 7.72. The van der Waals surface area contributed by atoms with Crippen LogP contribution in [-0.4, -0.2) is 87.9 Å². The standard InChI is InChI=1S/C22H35N5O8P2/c1-14-24-19(26-9-7-22(8-10-26)5-2-3-6-22)16-20(25-14)27(12-23-16)21-18(29)17(28)15(35-21)4-11-36(30,31)13-37(32,33)34/h12,15,17-18,21,28-29H,2-11,13H2,1H3,(H,30,31)(H2,32,33,34)/t15-,17+,18?,21-/m1/s1. The summed E-state index contributed by atoms with van der Waals surface area (Å²) in [6.45, 7) is 3.56. The zero-order valence-electron chi connectivity index (χ0n) is 20.8. The van der Waals surface area contributed by atoms with Crippen molar-refractivity contribution < 1.29 is 38.8 Å². The Labute approximate surface area is 214 Å². The number of fused-ring (bicyclic) bond motifs is 1. The van der Waals surface area contributed by atoms with Crippen molar-refractivity contribution in [2.75, 3.05) is 30.1 Å². The molecule has 5 atom stereocenters. The monoisotopic (exact) mass is 559 g/mol. The Morgan fingerprint density at radius 1 is 1.05 bits per heavy atom. The lowest BCUT2D eigenvalue weighted by Gasteiger charge is -2.40. The van der Waals surface area contributed by atoms with Crippen LogP contribution in [0.1, 0.15) is 57.0 Å². The quantitative estimate of drug-likeness (QED) is 0.309. The number of anilines is 1. The fraction of sp³-hybridized carbons (Fsp3) is 0.773. The van der Waals surface area contributed by atoms with Crippen LogP contribution in [0.4, 0.5) is 5.82 Å². The van der Waals surface area contributed by atoms with Gasteiger partial charge in [0.05, 0.1) is 12.4 Å².